The number of phenols is 2. The Labute approximate surface area is 217 Å². The molecule has 1 saturated heterocycles. The Kier molecular flexibility index (Phi) is 6.32. The van der Waals surface area contributed by atoms with Gasteiger partial charge in [-0.2, -0.15) is 0 Å². The van der Waals surface area contributed by atoms with Gasteiger partial charge < -0.3 is 40.4 Å². The summed E-state index contributed by atoms with van der Waals surface area (Å²) in [6.07, 6.45) is -4.53. The number of hydrogen-bond acceptors (Lipinski definition) is 11. The number of methoxy groups -OCH3 is 1. The minimum atomic E-state index is -2.00. The minimum Gasteiger partial charge on any atom is -0.507 e. The van der Waals surface area contributed by atoms with Crippen LogP contribution in [0.5, 0.6) is 17.2 Å². The molecule has 3 aliphatic rings. The maximum Gasteiger partial charge on any atom is 0.202 e. The van der Waals surface area contributed by atoms with E-state index in [1.54, 1.807) is 6.92 Å². The largest absolute Gasteiger partial charge is 0.507 e. The molecule has 1 aliphatic heterocycles. The molecule has 6 N–H and O–H groups in total. The number of benzene rings is 2. The maximum atomic E-state index is 13.6. The van der Waals surface area contributed by atoms with E-state index in [0.717, 1.165) is 0 Å². The Hall–Kier alpha value is -3.35. The predicted molar refractivity (Wildman–Crippen MR) is 130 cm³/mol. The Morgan fingerprint density at radius 2 is 1.82 bits per heavy atom. The van der Waals surface area contributed by atoms with Gasteiger partial charge in [0, 0.05) is 42.0 Å². The highest BCUT2D eigenvalue weighted by Crippen LogP contribution is 2.52. The van der Waals surface area contributed by atoms with E-state index in [-0.39, 0.29) is 40.8 Å². The van der Waals surface area contributed by atoms with Crippen LogP contribution in [0.3, 0.4) is 0 Å². The zero-order valence-corrected chi connectivity index (χ0v) is 21.1. The molecule has 0 saturated carbocycles. The van der Waals surface area contributed by atoms with E-state index in [0.29, 0.717) is 0 Å². The number of ketones is 3. The van der Waals surface area contributed by atoms with Gasteiger partial charge in [-0.1, -0.05) is 12.1 Å². The minimum absolute atomic E-state index is 0.0147. The van der Waals surface area contributed by atoms with E-state index in [4.69, 9.17) is 19.9 Å². The van der Waals surface area contributed by atoms with E-state index < -0.39 is 82.6 Å². The van der Waals surface area contributed by atoms with Crippen LogP contribution >= 0.6 is 0 Å². The maximum absolute atomic E-state index is 13.6. The topological polar surface area (TPSA) is 186 Å². The molecule has 11 heteroatoms. The Morgan fingerprint density at radius 1 is 1.13 bits per heavy atom. The summed E-state index contributed by atoms with van der Waals surface area (Å²) < 4.78 is 17.1. The molecule has 0 aromatic heterocycles. The van der Waals surface area contributed by atoms with Gasteiger partial charge in [0.25, 0.3) is 0 Å². The Balaban J connectivity index is 1.68. The predicted octanol–water partition coefficient (Wildman–Crippen LogP) is 1.03. The average molecular weight is 528 g/mol. The summed E-state index contributed by atoms with van der Waals surface area (Å²) in [5.74, 6) is -3.18. The smallest absolute Gasteiger partial charge is 0.202 e. The number of aliphatic hydroxyl groups is 2. The van der Waals surface area contributed by atoms with Crippen molar-refractivity contribution in [1.29, 1.82) is 0 Å². The second-order valence-electron chi connectivity index (χ2n) is 10.1. The third-order valence-corrected chi connectivity index (χ3v) is 7.80. The Morgan fingerprint density at radius 3 is 2.45 bits per heavy atom. The summed E-state index contributed by atoms with van der Waals surface area (Å²) in [7, 11) is 1.34. The van der Waals surface area contributed by atoms with E-state index >= 15 is 0 Å². The van der Waals surface area contributed by atoms with Crippen molar-refractivity contribution in [3.05, 3.63) is 51.6 Å². The first-order valence-electron chi connectivity index (χ1n) is 12.2. The van der Waals surface area contributed by atoms with Crippen LogP contribution in [0.4, 0.5) is 0 Å². The van der Waals surface area contributed by atoms with Crippen LogP contribution < -0.4 is 10.5 Å². The van der Waals surface area contributed by atoms with Crippen molar-refractivity contribution in [2.24, 2.45) is 5.73 Å². The molecular weight excluding hydrogens is 498 g/mol. The lowest BCUT2D eigenvalue weighted by molar-refractivity contribution is -0.247. The average Bonchev–Trinajstić information content (AvgIpc) is 2.87. The van der Waals surface area contributed by atoms with Crippen molar-refractivity contribution in [2.75, 3.05) is 7.11 Å². The number of aliphatic hydroxyl groups excluding tert-OH is 1. The summed E-state index contributed by atoms with van der Waals surface area (Å²) in [5.41, 5.74) is 2.97. The lowest BCUT2D eigenvalue weighted by Crippen LogP contribution is -2.52. The van der Waals surface area contributed by atoms with Gasteiger partial charge in [-0.15, -0.1) is 0 Å². The first-order chi connectivity index (χ1) is 17.9. The van der Waals surface area contributed by atoms with Crippen LogP contribution in [-0.2, 0) is 20.7 Å². The molecule has 1 fully saturated rings. The number of carbonyl (C=O) groups excluding carboxylic acids is 3. The molecule has 6 atom stereocenters. The third-order valence-electron chi connectivity index (χ3n) is 7.80. The van der Waals surface area contributed by atoms with Gasteiger partial charge in [-0.3, -0.25) is 14.4 Å². The summed E-state index contributed by atoms with van der Waals surface area (Å²) in [4.78, 5) is 39.6. The van der Waals surface area contributed by atoms with Crippen molar-refractivity contribution in [2.45, 2.75) is 69.4 Å². The van der Waals surface area contributed by atoms with Crippen LogP contribution in [0.25, 0.3) is 0 Å². The van der Waals surface area contributed by atoms with Gasteiger partial charge in [0.2, 0.25) is 5.78 Å². The molecule has 1 heterocycles. The SMILES string of the molecule is COc1cccc2c1C(=O)c1c(O)c3c(c(O)c1C2=O)C[C@](O)(C(C)=O)C[C@@H]3O[C@@H]1C[C@H](N)[C@H](O)[C@H](C)O1. The number of aromatic hydroxyl groups is 2. The van der Waals surface area contributed by atoms with Crippen LogP contribution in [0.1, 0.15) is 75.8 Å². The van der Waals surface area contributed by atoms with E-state index in [9.17, 15) is 34.8 Å². The first-order valence-corrected chi connectivity index (χ1v) is 12.2. The highest BCUT2D eigenvalue weighted by molar-refractivity contribution is 6.31. The number of nitrogens with two attached hydrogens (primary N) is 1. The Bertz CT molecular complexity index is 1360. The highest BCUT2D eigenvalue weighted by Gasteiger charge is 2.49. The second kappa shape index (κ2) is 9.14. The van der Waals surface area contributed by atoms with Gasteiger partial charge in [0.05, 0.1) is 42.1 Å². The number of carbonyl (C=O) groups is 3. The zero-order valence-electron chi connectivity index (χ0n) is 21.1. The number of ether oxygens (including phenoxy) is 3. The normalized spacial score (nSPS) is 30.3. The zero-order chi connectivity index (χ0) is 27.7. The summed E-state index contributed by atoms with van der Waals surface area (Å²) in [6, 6.07) is 3.75. The fraction of sp³-hybridized carbons (Fsp3) is 0.444. The second-order valence-corrected chi connectivity index (χ2v) is 10.1. The standard InChI is InChI=1S/C27H29NO10/c1-10-22(30)14(28)7-17(37-10)38-16-9-27(35,11(2)29)8-13-19(16)26(34)21-20(24(13)32)23(31)12-5-4-6-15(36-3)18(12)25(21)33/h4-6,10,14,16-17,22,30,32,34-35H,7-9,28H2,1-3H3/t10-,14-,16-,17+,22+,27+/m0/s1. The number of phenolic OH excluding ortho intramolecular Hbond substituents is 2. The lowest BCUT2D eigenvalue weighted by atomic mass is 9.72. The molecule has 11 nitrogen and oxygen atoms in total. The molecule has 2 aromatic carbocycles. The number of rotatable bonds is 4. The molecule has 0 spiro atoms. The van der Waals surface area contributed by atoms with Crippen molar-refractivity contribution in [1.82, 2.24) is 0 Å². The van der Waals surface area contributed by atoms with Crippen LogP contribution in [0, 0.1) is 0 Å². The summed E-state index contributed by atoms with van der Waals surface area (Å²) >= 11 is 0. The van der Waals surface area contributed by atoms with Gasteiger partial charge in [-0.05, 0) is 19.9 Å². The number of fused-ring (bicyclic) bond motifs is 3. The molecule has 38 heavy (non-hydrogen) atoms. The lowest BCUT2D eigenvalue weighted by Gasteiger charge is -2.42. The third kappa shape index (κ3) is 3.81. The molecular formula is C27H29NO10. The van der Waals surface area contributed by atoms with Crippen LogP contribution in [0.2, 0.25) is 0 Å². The fourth-order valence-electron chi connectivity index (χ4n) is 5.66. The van der Waals surface area contributed by atoms with Gasteiger partial charge in [-0.25, -0.2) is 0 Å². The summed E-state index contributed by atoms with van der Waals surface area (Å²) in [5, 5.41) is 44.1. The van der Waals surface area contributed by atoms with Gasteiger partial charge in [0.1, 0.15) is 22.8 Å². The molecule has 0 unspecified atom stereocenters. The molecule has 2 aliphatic carbocycles. The van der Waals surface area contributed by atoms with Crippen LogP contribution in [0.15, 0.2) is 18.2 Å². The molecule has 2 aromatic rings. The number of hydrogen-bond donors (Lipinski definition) is 5. The van der Waals surface area contributed by atoms with E-state index in [1.165, 1.54) is 32.2 Å². The van der Waals surface area contributed by atoms with Crippen LogP contribution in [-0.4, -0.2) is 75.0 Å². The van der Waals surface area contributed by atoms with Gasteiger partial charge in [0.15, 0.2) is 17.9 Å². The van der Waals surface area contributed by atoms with Gasteiger partial charge >= 0.3 is 0 Å². The molecule has 5 rings (SSSR count). The molecule has 0 bridgehead atoms. The fourth-order valence-corrected chi connectivity index (χ4v) is 5.66. The van der Waals surface area contributed by atoms with Crippen molar-refractivity contribution < 1.29 is 49.0 Å². The highest BCUT2D eigenvalue weighted by atomic mass is 16.7. The monoisotopic (exact) mass is 527 g/mol. The van der Waals surface area contributed by atoms with Crippen molar-refractivity contribution in [3.63, 3.8) is 0 Å². The molecule has 202 valence electrons. The quantitative estimate of drug-likeness (QED) is 0.305. The number of Topliss-reactive ketones (excluding diaryl/α,β-unsaturated/α-hetero) is 1. The van der Waals surface area contributed by atoms with E-state index in [2.05, 4.69) is 0 Å². The molecule has 0 amide bonds. The van der Waals surface area contributed by atoms with E-state index in [1.807, 2.05) is 0 Å². The van der Waals surface area contributed by atoms with Crippen molar-refractivity contribution >= 4 is 17.3 Å². The summed E-state index contributed by atoms with van der Waals surface area (Å²) in [6.45, 7) is 2.79. The molecule has 0 radical (unpaired) electrons. The first kappa shape index (κ1) is 26.3. The van der Waals surface area contributed by atoms with Crippen molar-refractivity contribution in [3.8, 4) is 17.2 Å².